The SMILES string of the molecule is CC(C)CC(C)NS(=O)(=O)c1c(CO)sc2ccccc12. The van der Waals surface area contributed by atoms with E-state index in [2.05, 4.69) is 18.6 Å². The van der Waals surface area contributed by atoms with Crippen LogP contribution in [0.1, 0.15) is 32.1 Å². The standard InChI is InChI=1S/C15H21NO3S2/c1-10(2)8-11(3)16-21(18,19)15-12-6-4-5-7-13(12)20-14(15)9-17/h4-7,10-11,16-17H,8-9H2,1-3H3. The molecule has 2 rings (SSSR count). The summed E-state index contributed by atoms with van der Waals surface area (Å²) < 4.78 is 28.9. The Morgan fingerprint density at radius 2 is 1.90 bits per heavy atom. The summed E-state index contributed by atoms with van der Waals surface area (Å²) in [6.07, 6.45) is 0.774. The predicted molar refractivity (Wildman–Crippen MR) is 87.0 cm³/mol. The van der Waals surface area contributed by atoms with Gasteiger partial charge in [-0.25, -0.2) is 13.1 Å². The molecule has 0 saturated heterocycles. The van der Waals surface area contributed by atoms with Gasteiger partial charge in [0, 0.05) is 16.1 Å². The van der Waals surface area contributed by atoms with Gasteiger partial charge in [-0.05, 0) is 25.3 Å². The van der Waals surface area contributed by atoms with E-state index in [1.807, 2.05) is 25.1 Å². The lowest BCUT2D eigenvalue weighted by Crippen LogP contribution is -2.33. The Balaban J connectivity index is 2.44. The van der Waals surface area contributed by atoms with Gasteiger partial charge < -0.3 is 5.11 Å². The first-order chi connectivity index (χ1) is 9.85. The highest BCUT2D eigenvalue weighted by Gasteiger charge is 2.25. The summed E-state index contributed by atoms with van der Waals surface area (Å²) in [6.45, 7) is 5.72. The van der Waals surface area contributed by atoms with E-state index in [4.69, 9.17) is 0 Å². The molecule has 6 heteroatoms. The van der Waals surface area contributed by atoms with Crippen molar-refractivity contribution >= 4 is 31.4 Å². The van der Waals surface area contributed by atoms with Gasteiger partial charge in [-0.15, -0.1) is 11.3 Å². The number of hydrogen-bond acceptors (Lipinski definition) is 4. The van der Waals surface area contributed by atoms with Gasteiger partial charge in [0.05, 0.1) is 11.5 Å². The van der Waals surface area contributed by atoms with Crippen LogP contribution >= 0.6 is 11.3 Å². The second-order valence-corrected chi connectivity index (χ2v) is 8.45. The molecule has 2 N–H and O–H groups in total. The first-order valence-corrected chi connectivity index (χ1v) is 9.28. The second kappa shape index (κ2) is 6.44. The van der Waals surface area contributed by atoms with Crippen LogP contribution in [-0.4, -0.2) is 19.6 Å². The Labute approximate surface area is 129 Å². The maximum absolute atomic E-state index is 12.7. The third-order valence-electron chi connectivity index (χ3n) is 3.21. The summed E-state index contributed by atoms with van der Waals surface area (Å²) in [4.78, 5) is 0.710. The molecule has 1 aromatic carbocycles. The van der Waals surface area contributed by atoms with Gasteiger partial charge >= 0.3 is 0 Å². The van der Waals surface area contributed by atoms with Gasteiger partial charge in [0.25, 0.3) is 0 Å². The fraction of sp³-hybridized carbons (Fsp3) is 0.467. The van der Waals surface area contributed by atoms with Crippen LogP contribution in [0.25, 0.3) is 10.1 Å². The number of benzene rings is 1. The van der Waals surface area contributed by atoms with Crippen LogP contribution in [0.15, 0.2) is 29.2 Å². The number of nitrogens with one attached hydrogen (secondary N) is 1. The van der Waals surface area contributed by atoms with E-state index in [0.29, 0.717) is 16.2 Å². The van der Waals surface area contributed by atoms with E-state index in [0.717, 1.165) is 11.1 Å². The molecule has 1 atom stereocenters. The van der Waals surface area contributed by atoms with Crippen molar-refractivity contribution in [3.8, 4) is 0 Å². The maximum atomic E-state index is 12.7. The molecule has 116 valence electrons. The van der Waals surface area contributed by atoms with Crippen molar-refractivity contribution < 1.29 is 13.5 Å². The van der Waals surface area contributed by atoms with Crippen LogP contribution in [0, 0.1) is 5.92 Å². The topological polar surface area (TPSA) is 66.4 Å². The largest absolute Gasteiger partial charge is 0.391 e. The molecule has 0 radical (unpaired) electrons. The maximum Gasteiger partial charge on any atom is 0.242 e. The highest BCUT2D eigenvalue weighted by atomic mass is 32.2. The van der Waals surface area contributed by atoms with Crippen molar-refractivity contribution in [2.75, 3.05) is 0 Å². The van der Waals surface area contributed by atoms with E-state index in [9.17, 15) is 13.5 Å². The second-order valence-electron chi connectivity index (χ2n) is 5.66. The summed E-state index contributed by atoms with van der Waals surface area (Å²) >= 11 is 1.32. The molecular formula is C15H21NO3S2. The average Bonchev–Trinajstić information content (AvgIpc) is 2.75. The molecule has 0 amide bonds. The fourth-order valence-corrected chi connectivity index (χ4v) is 5.60. The van der Waals surface area contributed by atoms with Crippen LogP contribution in [0.3, 0.4) is 0 Å². The van der Waals surface area contributed by atoms with Crippen molar-refractivity contribution in [2.45, 2.75) is 44.7 Å². The first-order valence-electron chi connectivity index (χ1n) is 6.98. The fourth-order valence-electron chi connectivity index (χ4n) is 2.55. The number of aliphatic hydroxyl groups is 1. The summed E-state index contributed by atoms with van der Waals surface area (Å²) in [5.41, 5.74) is 0. The lowest BCUT2D eigenvalue weighted by Gasteiger charge is -2.16. The minimum Gasteiger partial charge on any atom is -0.391 e. The van der Waals surface area contributed by atoms with Gasteiger partial charge in [-0.1, -0.05) is 32.0 Å². The Hall–Kier alpha value is -0.950. The molecule has 0 fully saturated rings. The Morgan fingerprint density at radius 3 is 2.52 bits per heavy atom. The zero-order valence-electron chi connectivity index (χ0n) is 12.5. The number of thiophene rings is 1. The molecule has 0 aliphatic heterocycles. The van der Waals surface area contributed by atoms with Crippen molar-refractivity contribution in [1.82, 2.24) is 4.72 Å². The molecule has 1 aromatic heterocycles. The monoisotopic (exact) mass is 327 g/mol. The van der Waals surface area contributed by atoms with Crippen molar-refractivity contribution in [1.29, 1.82) is 0 Å². The molecule has 1 unspecified atom stereocenters. The lowest BCUT2D eigenvalue weighted by molar-refractivity contribution is 0.282. The molecule has 0 spiro atoms. The van der Waals surface area contributed by atoms with Crippen LogP contribution in [-0.2, 0) is 16.6 Å². The highest BCUT2D eigenvalue weighted by molar-refractivity contribution is 7.90. The van der Waals surface area contributed by atoms with E-state index < -0.39 is 10.0 Å². The molecule has 21 heavy (non-hydrogen) atoms. The van der Waals surface area contributed by atoms with Gasteiger partial charge in [0.1, 0.15) is 4.90 Å². The number of sulfonamides is 1. The lowest BCUT2D eigenvalue weighted by atomic mass is 10.1. The molecule has 4 nitrogen and oxygen atoms in total. The first kappa shape index (κ1) is 16.4. The number of hydrogen-bond donors (Lipinski definition) is 2. The minimum absolute atomic E-state index is 0.139. The molecule has 0 aliphatic carbocycles. The summed E-state index contributed by atoms with van der Waals surface area (Å²) in [7, 11) is -3.63. The van der Waals surface area contributed by atoms with Gasteiger partial charge in [0.15, 0.2) is 0 Å². The number of fused-ring (bicyclic) bond motifs is 1. The normalized spacial score (nSPS) is 14.0. The van der Waals surface area contributed by atoms with Gasteiger partial charge in [0.2, 0.25) is 10.0 Å². The molecule has 0 aliphatic rings. The molecule has 2 aromatic rings. The van der Waals surface area contributed by atoms with Crippen LogP contribution in [0.2, 0.25) is 0 Å². The smallest absolute Gasteiger partial charge is 0.242 e. The minimum atomic E-state index is -3.63. The summed E-state index contributed by atoms with van der Waals surface area (Å²) in [6, 6.07) is 7.20. The predicted octanol–water partition coefficient (Wildman–Crippen LogP) is 3.11. The third kappa shape index (κ3) is 3.63. The quantitative estimate of drug-likeness (QED) is 0.857. The van der Waals surface area contributed by atoms with Gasteiger partial charge in [-0.2, -0.15) is 0 Å². The summed E-state index contributed by atoms with van der Waals surface area (Å²) in [5.74, 6) is 0.416. The van der Waals surface area contributed by atoms with Crippen molar-refractivity contribution in [3.05, 3.63) is 29.1 Å². The third-order valence-corrected chi connectivity index (χ3v) is 6.21. The highest BCUT2D eigenvalue weighted by Crippen LogP contribution is 2.34. The number of aliphatic hydroxyl groups excluding tert-OH is 1. The zero-order valence-corrected chi connectivity index (χ0v) is 14.1. The summed E-state index contributed by atoms with van der Waals surface area (Å²) in [5, 5.41) is 10.2. The molecule has 0 bridgehead atoms. The Bertz CT molecular complexity index is 720. The van der Waals surface area contributed by atoms with Gasteiger partial charge in [-0.3, -0.25) is 0 Å². The average molecular weight is 327 g/mol. The molecule has 0 saturated carbocycles. The van der Waals surface area contributed by atoms with E-state index in [1.54, 1.807) is 6.07 Å². The van der Waals surface area contributed by atoms with Crippen molar-refractivity contribution in [2.24, 2.45) is 5.92 Å². The van der Waals surface area contributed by atoms with E-state index in [-0.39, 0.29) is 17.5 Å². The number of rotatable bonds is 6. The van der Waals surface area contributed by atoms with Crippen LogP contribution in [0.4, 0.5) is 0 Å². The Kier molecular flexibility index (Phi) is 5.03. The van der Waals surface area contributed by atoms with Crippen LogP contribution in [0.5, 0.6) is 0 Å². The van der Waals surface area contributed by atoms with E-state index in [1.165, 1.54) is 11.3 Å². The van der Waals surface area contributed by atoms with Crippen molar-refractivity contribution in [3.63, 3.8) is 0 Å². The van der Waals surface area contributed by atoms with Crippen LogP contribution < -0.4 is 4.72 Å². The molecular weight excluding hydrogens is 306 g/mol. The Morgan fingerprint density at radius 1 is 1.24 bits per heavy atom. The van der Waals surface area contributed by atoms with E-state index >= 15 is 0 Å². The zero-order chi connectivity index (χ0) is 15.6. The molecule has 1 heterocycles.